The maximum atomic E-state index is 13.4. The number of nitrogens with one attached hydrogen (secondary N) is 4. The molecule has 0 saturated heterocycles. The molecular formula is C35H73N9O5. The van der Waals surface area contributed by atoms with E-state index in [0.717, 1.165) is 45.3 Å². The van der Waals surface area contributed by atoms with E-state index in [1.54, 1.807) is 0 Å². The molecule has 0 rings (SSSR count). The monoisotopic (exact) mass is 700 g/mol. The van der Waals surface area contributed by atoms with Gasteiger partial charge in [-0.1, -0.05) is 51.4 Å². The van der Waals surface area contributed by atoms with Gasteiger partial charge in [0, 0.05) is 0 Å². The van der Waals surface area contributed by atoms with Crippen LogP contribution in [0.2, 0.25) is 0 Å². The summed E-state index contributed by atoms with van der Waals surface area (Å²) in [5.41, 5.74) is 28.6. The molecule has 4 atom stereocenters. The highest BCUT2D eigenvalue weighted by molar-refractivity contribution is 5.94. The van der Waals surface area contributed by atoms with Crippen molar-refractivity contribution in [3.63, 3.8) is 0 Å². The van der Waals surface area contributed by atoms with Crippen LogP contribution in [-0.2, 0) is 19.2 Å². The second kappa shape index (κ2) is 32.8. The number of carbonyl (C=O) groups excluding carboxylic acids is 3. The van der Waals surface area contributed by atoms with Gasteiger partial charge in [-0.05, 0) is 123 Å². The Kier molecular flexibility index (Phi) is 31.2. The van der Waals surface area contributed by atoms with Crippen molar-refractivity contribution in [3.8, 4) is 0 Å². The van der Waals surface area contributed by atoms with Gasteiger partial charge in [-0.15, -0.1) is 0 Å². The summed E-state index contributed by atoms with van der Waals surface area (Å²) in [5.74, 6) is -2.68. The van der Waals surface area contributed by atoms with Crippen molar-refractivity contribution in [1.29, 1.82) is 0 Å². The molecular weight excluding hydrogens is 626 g/mol. The maximum Gasteiger partial charge on any atom is 0.326 e. The molecule has 49 heavy (non-hydrogen) atoms. The van der Waals surface area contributed by atoms with Gasteiger partial charge in [-0.25, -0.2) is 4.79 Å². The van der Waals surface area contributed by atoms with Crippen LogP contribution in [0.5, 0.6) is 0 Å². The number of amides is 3. The predicted molar refractivity (Wildman–Crippen MR) is 197 cm³/mol. The number of carbonyl (C=O) groups is 4. The van der Waals surface area contributed by atoms with Crippen molar-refractivity contribution >= 4 is 23.7 Å². The first kappa shape index (κ1) is 46.6. The Bertz CT molecular complexity index is 852. The normalized spacial score (nSPS) is 13.7. The third kappa shape index (κ3) is 26.2. The topological polar surface area (TPSA) is 267 Å². The van der Waals surface area contributed by atoms with Crippen LogP contribution in [0.3, 0.4) is 0 Å². The zero-order valence-electron chi connectivity index (χ0n) is 30.4. The average molecular weight is 700 g/mol. The van der Waals surface area contributed by atoms with Crippen LogP contribution in [0.15, 0.2) is 0 Å². The number of rotatable bonds is 35. The molecule has 0 aliphatic carbocycles. The van der Waals surface area contributed by atoms with Crippen molar-refractivity contribution in [2.45, 2.75) is 159 Å². The minimum absolute atomic E-state index is 0.226. The zero-order chi connectivity index (χ0) is 36.5. The van der Waals surface area contributed by atoms with E-state index in [2.05, 4.69) is 21.3 Å². The summed E-state index contributed by atoms with van der Waals surface area (Å²) in [7, 11) is 0. The highest BCUT2D eigenvalue weighted by atomic mass is 16.4. The van der Waals surface area contributed by atoms with Gasteiger partial charge in [-0.3, -0.25) is 14.4 Å². The van der Waals surface area contributed by atoms with Gasteiger partial charge >= 0.3 is 5.97 Å². The van der Waals surface area contributed by atoms with Crippen LogP contribution in [0.1, 0.15) is 135 Å². The first-order valence-corrected chi connectivity index (χ1v) is 19.1. The minimum Gasteiger partial charge on any atom is -0.480 e. The van der Waals surface area contributed by atoms with E-state index in [4.69, 9.17) is 28.7 Å². The third-order valence-corrected chi connectivity index (χ3v) is 8.73. The lowest BCUT2D eigenvalue weighted by molar-refractivity contribution is -0.142. The predicted octanol–water partition coefficient (Wildman–Crippen LogP) is 1.47. The molecule has 0 fully saturated rings. The Labute approximate surface area is 295 Å². The van der Waals surface area contributed by atoms with Gasteiger partial charge in [0.15, 0.2) is 0 Å². The summed E-state index contributed by atoms with van der Waals surface area (Å²) in [6, 6.07) is -3.76. The molecule has 14 heteroatoms. The first-order chi connectivity index (χ1) is 23.7. The maximum absolute atomic E-state index is 13.4. The highest BCUT2D eigenvalue weighted by Gasteiger charge is 2.30. The van der Waals surface area contributed by atoms with E-state index >= 15 is 0 Å². The molecule has 0 aromatic heterocycles. The van der Waals surface area contributed by atoms with Gasteiger partial charge in [-0.2, -0.15) is 0 Å². The molecule has 0 bridgehead atoms. The van der Waals surface area contributed by atoms with E-state index in [1.807, 2.05) is 0 Å². The fraction of sp³-hybridized carbons (Fsp3) is 0.886. The Morgan fingerprint density at radius 3 is 1.20 bits per heavy atom. The molecule has 288 valence electrons. The Morgan fingerprint density at radius 1 is 0.429 bits per heavy atom. The second-order valence-corrected chi connectivity index (χ2v) is 13.2. The smallest absolute Gasteiger partial charge is 0.326 e. The van der Waals surface area contributed by atoms with Gasteiger partial charge < -0.3 is 55.0 Å². The number of carboxylic acid groups (broad SMARTS) is 1. The van der Waals surface area contributed by atoms with E-state index in [-0.39, 0.29) is 12.8 Å². The first-order valence-electron chi connectivity index (χ1n) is 19.1. The Balaban J connectivity index is 4.81. The van der Waals surface area contributed by atoms with Gasteiger partial charge in [0.2, 0.25) is 17.7 Å². The van der Waals surface area contributed by atoms with Gasteiger partial charge in [0.25, 0.3) is 0 Å². The summed E-state index contributed by atoms with van der Waals surface area (Å²) in [6.45, 7) is 3.93. The molecule has 0 aliphatic heterocycles. The molecule has 3 amide bonds. The van der Waals surface area contributed by atoms with Crippen molar-refractivity contribution in [2.75, 3.05) is 39.3 Å². The SMILES string of the molecule is NCCCCCCCCCCCNCCCCC(N)C(=O)NC(CCCCN)C(=O)NC(CCCCN)C(=O)NC(CCCCN)C(=O)O. The quantitative estimate of drug-likeness (QED) is 0.0423. The standard InChI is InChI=1S/C35H73N9O5/c36-22-12-6-4-2-1-3-5-7-16-26-41-27-17-11-18-28(40)32(45)42-29(19-8-13-23-37)33(46)43-30(20-9-14-24-38)34(47)44-31(35(48)49)21-10-15-25-39/h28-31,41H,1-27,36-40H2,(H,42,45)(H,43,46)(H,44,47)(H,48,49). The number of hydrogen-bond donors (Lipinski definition) is 10. The molecule has 15 N–H and O–H groups in total. The van der Waals surface area contributed by atoms with Crippen LogP contribution in [-0.4, -0.2) is 92.2 Å². The lowest BCUT2D eigenvalue weighted by Crippen LogP contribution is -2.57. The molecule has 0 aromatic rings. The summed E-state index contributed by atoms with van der Waals surface area (Å²) < 4.78 is 0. The van der Waals surface area contributed by atoms with Gasteiger partial charge in [0.05, 0.1) is 6.04 Å². The number of nitrogens with two attached hydrogens (primary N) is 5. The molecule has 0 radical (unpaired) electrons. The third-order valence-electron chi connectivity index (χ3n) is 8.73. The highest BCUT2D eigenvalue weighted by Crippen LogP contribution is 2.10. The van der Waals surface area contributed by atoms with E-state index < -0.39 is 47.9 Å². The Morgan fingerprint density at radius 2 is 0.755 bits per heavy atom. The summed E-state index contributed by atoms with van der Waals surface area (Å²) in [5, 5.41) is 21.2. The molecule has 0 aromatic carbocycles. The largest absolute Gasteiger partial charge is 0.480 e. The van der Waals surface area contributed by atoms with E-state index in [9.17, 15) is 24.3 Å². The molecule has 0 aliphatic rings. The minimum atomic E-state index is -1.15. The zero-order valence-corrected chi connectivity index (χ0v) is 30.4. The molecule has 14 nitrogen and oxygen atoms in total. The number of hydrogen-bond acceptors (Lipinski definition) is 10. The van der Waals surface area contributed by atoms with E-state index in [0.29, 0.717) is 71.0 Å². The summed E-state index contributed by atoms with van der Waals surface area (Å²) in [6.07, 6.45) is 17.9. The van der Waals surface area contributed by atoms with Crippen LogP contribution >= 0.6 is 0 Å². The average Bonchev–Trinajstić information content (AvgIpc) is 3.08. The molecule has 0 heterocycles. The molecule has 0 saturated carbocycles. The lowest BCUT2D eigenvalue weighted by atomic mass is 10.0. The van der Waals surface area contributed by atoms with Crippen LogP contribution < -0.4 is 49.9 Å². The number of unbranched alkanes of at least 4 members (excludes halogenated alkanes) is 12. The summed E-state index contributed by atoms with van der Waals surface area (Å²) >= 11 is 0. The second-order valence-electron chi connectivity index (χ2n) is 13.2. The van der Waals surface area contributed by atoms with Crippen molar-refractivity contribution in [2.24, 2.45) is 28.7 Å². The van der Waals surface area contributed by atoms with Crippen LogP contribution in [0.4, 0.5) is 0 Å². The number of carboxylic acids is 1. The fourth-order valence-electron chi connectivity index (χ4n) is 5.60. The van der Waals surface area contributed by atoms with Crippen LogP contribution in [0.25, 0.3) is 0 Å². The lowest BCUT2D eigenvalue weighted by Gasteiger charge is -2.25. The fourth-order valence-corrected chi connectivity index (χ4v) is 5.60. The van der Waals surface area contributed by atoms with E-state index in [1.165, 1.54) is 44.9 Å². The van der Waals surface area contributed by atoms with Crippen molar-refractivity contribution in [3.05, 3.63) is 0 Å². The van der Waals surface area contributed by atoms with Crippen LogP contribution in [0, 0.1) is 0 Å². The summed E-state index contributed by atoms with van der Waals surface area (Å²) in [4.78, 5) is 51.4. The molecule has 0 spiro atoms. The van der Waals surface area contributed by atoms with Crippen molar-refractivity contribution < 1.29 is 24.3 Å². The Hall–Kier alpha value is -2.36. The van der Waals surface area contributed by atoms with Gasteiger partial charge in [0.1, 0.15) is 18.1 Å². The molecule has 4 unspecified atom stereocenters. The van der Waals surface area contributed by atoms with Crippen molar-refractivity contribution in [1.82, 2.24) is 21.3 Å². The number of aliphatic carboxylic acids is 1.